The largest absolute Gasteiger partial charge is 0.490 e. The molecule has 0 saturated heterocycles. The first-order chi connectivity index (χ1) is 9.11. The number of hydrogen-bond acceptors (Lipinski definition) is 4. The van der Waals surface area contributed by atoms with Crippen LogP contribution in [0.1, 0.15) is 12.6 Å². The summed E-state index contributed by atoms with van der Waals surface area (Å²) in [6.07, 6.45) is 0.795. The molecule has 0 bridgehead atoms. The van der Waals surface area contributed by atoms with E-state index in [0.717, 1.165) is 22.3 Å². The molecule has 7 heteroatoms. The third-order valence-electron chi connectivity index (χ3n) is 2.66. The van der Waals surface area contributed by atoms with Crippen molar-refractivity contribution in [2.75, 3.05) is 12.3 Å². The molecule has 2 N–H and O–H groups in total. The Morgan fingerprint density at radius 3 is 2.95 bits per heavy atom. The van der Waals surface area contributed by atoms with Gasteiger partial charge in [0, 0.05) is 5.02 Å². The molecule has 5 nitrogen and oxygen atoms in total. The van der Waals surface area contributed by atoms with Crippen molar-refractivity contribution in [2.45, 2.75) is 19.9 Å². The van der Waals surface area contributed by atoms with E-state index in [9.17, 15) is 0 Å². The van der Waals surface area contributed by atoms with E-state index in [4.69, 9.17) is 22.1 Å². The lowest BCUT2D eigenvalue weighted by Gasteiger charge is -2.09. The van der Waals surface area contributed by atoms with E-state index in [0.29, 0.717) is 24.0 Å². The molecular formula is C12H14BrClN4O. The molecule has 2 rings (SSSR count). The van der Waals surface area contributed by atoms with E-state index in [1.807, 2.05) is 13.0 Å². The van der Waals surface area contributed by atoms with Crippen molar-refractivity contribution in [3.63, 3.8) is 0 Å². The van der Waals surface area contributed by atoms with Crippen LogP contribution in [0.15, 0.2) is 22.7 Å². The van der Waals surface area contributed by atoms with E-state index in [-0.39, 0.29) is 0 Å². The first-order valence-electron chi connectivity index (χ1n) is 5.87. The minimum atomic E-state index is 0.482. The van der Waals surface area contributed by atoms with Gasteiger partial charge in [-0.2, -0.15) is 0 Å². The van der Waals surface area contributed by atoms with Gasteiger partial charge in [0.2, 0.25) is 0 Å². The minimum Gasteiger partial charge on any atom is -0.490 e. The molecule has 0 radical (unpaired) electrons. The molecule has 1 aromatic carbocycles. The molecule has 0 amide bonds. The second kappa shape index (κ2) is 6.25. The van der Waals surface area contributed by atoms with Crippen LogP contribution in [0.5, 0.6) is 5.75 Å². The Bertz CT molecular complexity index is 573. The summed E-state index contributed by atoms with van der Waals surface area (Å²) in [4.78, 5) is 0. The normalized spacial score (nSPS) is 10.7. The van der Waals surface area contributed by atoms with Gasteiger partial charge in [0.15, 0.2) is 5.82 Å². The number of rotatable bonds is 5. The number of nitrogens with zero attached hydrogens (tertiary/aromatic N) is 3. The zero-order valence-electron chi connectivity index (χ0n) is 10.4. The van der Waals surface area contributed by atoms with Crippen molar-refractivity contribution in [1.82, 2.24) is 15.0 Å². The van der Waals surface area contributed by atoms with Crippen LogP contribution < -0.4 is 10.5 Å². The molecule has 0 spiro atoms. The van der Waals surface area contributed by atoms with E-state index in [2.05, 4.69) is 26.2 Å². The van der Waals surface area contributed by atoms with Crippen LogP contribution in [0.4, 0.5) is 5.82 Å². The van der Waals surface area contributed by atoms with Gasteiger partial charge < -0.3 is 10.5 Å². The Balaban J connectivity index is 1.96. The highest BCUT2D eigenvalue weighted by Crippen LogP contribution is 2.27. The summed E-state index contributed by atoms with van der Waals surface area (Å²) in [5, 5.41) is 8.50. The number of benzene rings is 1. The Hall–Kier alpha value is -1.27. The summed E-state index contributed by atoms with van der Waals surface area (Å²) in [5.74, 6) is 1.23. The SMILES string of the molecule is CCc1c(N)nnn1CCOc1ccc(Cl)cc1Br. The lowest BCUT2D eigenvalue weighted by atomic mass is 10.3. The van der Waals surface area contributed by atoms with Gasteiger partial charge in [-0.3, -0.25) is 0 Å². The summed E-state index contributed by atoms with van der Waals surface area (Å²) in [7, 11) is 0. The van der Waals surface area contributed by atoms with E-state index in [1.54, 1.807) is 16.8 Å². The molecule has 0 aliphatic heterocycles. The Morgan fingerprint density at radius 1 is 1.47 bits per heavy atom. The van der Waals surface area contributed by atoms with E-state index in [1.165, 1.54) is 0 Å². The van der Waals surface area contributed by atoms with Crippen LogP contribution in [-0.2, 0) is 13.0 Å². The number of hydrogen-bond donors (Lipinski definition) is 1. The summed E-state index contributed by atoms with van der Waals surface area (Å²) in [6.45, 7) is 3.10. The Kier molecular flexibility index (Phi) is 4.66. The fraction of sp³-hybridized carbons (Fsp3) is 0.333. The van der Waals surface area contributed by atoms with Gasteiger partial charge in [0.1, 0.15) is 12.4 Å². The van der Waals surface area contributed by atoms with Crippen molar-refractivity contribution in [2.24, 2.45) is 0 Å². The summed E-state index contributed by atoms with van der Waals surface area (Å²) < 4.78 is 8.26. The van der Waals surface area contributed by atoms with Crippen LogP contribution in [0, 0.1) is 0 Å². The second-order valence-corrected chi connectivity index (χ2v) is 5.21. The highest BCUT2D eigenvalue weighted by Gasteiger charge is 2.08. The molecule has 2 aromatic rings. The van der Waals surface area contributed by atoms with Gasteiger partial charge in [-0.15, -0.1) is 5.10 Å². The molecule has 0 atom stereocenters. The number of halogens is 2. The average Bonchev–Trinajstić information content (AvgIpc) is 2.72. The molecule has 1 aromatic heterocycles. The van der Waals surface area contributed by atoms with Crippen LogP contribution in [0.3, 0.4) is 0 Å². The van der Waals surface area contributed by atoms with Gasteiger partial charge >= 0.3 is 0 Å². The first kappa shape index (κ1) is 14.1. The van der Waals surface area contributed by atoms with Crippen LogP contribution >= 0.6 is 27.5 Å². The van der Waals surface area contributed by atoms with Gasteiger partial charge in [-0.1, -0.05) is 23.7 Å². The number of aromatic nitrogens is 3. The maximum Gasteiger partial charge on any atom is 0.169 e. The zero-order chi connectivity index (χ0) is 13.8. The van der Waals surface area contributed by atoms with Crippen molar-refractivity contribution < 1.29 is 4.74 Å². The first-order valence-corrected chi connectivity index (χ1v) is 7.04. The third kappa shape index (κ3) is 3.39. The molecule has 19 heavy (non-hydrogen) atoms. The molecule has 102 valence electrons. The third-order valence-corrected chi connectivity index (χ3v) is 3.51. The average molecular weight is 346 g/mol. The fourth-order valence-electron chi connectivity index (χ4n) is 1.72. The fourth-order valence-corrected chi connectivity index (χ4v) is 2.52. The monoisotopic (exact) mass is 344 g/mol. The maximum atomic E-state index is 5.87. The number of nitrogens with two attached hydrogens (primary N) is 1. The predicted molar refractivity (Wildman–Crippen MR) is 78.5 cm³/mol. The van der Waals surface area contributed by atoms with Crippen LogP contribution in [-0.4, -0.2) is 21.6 Å². The van der Waals surface area contributed by atoms with Crippen molar-refractivity contribution in [3.8, 4) is 5.75 Å². The molecule has 1 heterocycles. The number of anilines is 1. The molecule has 0 aliphatic carbocycles. The number of nitrogen functional groups attached to an aromatic ring is 1. The van der Waals surface area contributed by atoms with Crippen LogP contribution in [0.25, 0.3) is 0 Å². The smallest absolute Gasteiger partial charge is 0.169 e. The van der Waals surface area contributed by atoms with Gasteiger partial charge in [0.25, 0.3) is 0 Å². The van der Waals surface area contributed by atoms with E-state index >= 15 is 0 Å². The van der Waals surface area contributed by atoms with Crippen molar-refractivity contribution >= 4 is 33.3 Å². The van der Waals surface area contributed by atoms with Gasteiger partial charge in [0.05, 0.1) is 16.7 Å². The Morgan fingerprint density at radius 2 is 2.26 bits per heavy atom. The molecule has 0 saturated carbocycles. The highest BCUT2D eigenvalue weighted by atomic mass is 79.9. The molecule has 0 aliphatic rings. The molecule has 0 fully saturated rings. The van der Waals surface area contributed by atoms with Crippen molar-refractivity contribution in [1.29, 1.82) is 0 Å². The lowest BCUT2D eigenvalue weighted by Crippen LogP contribution is -2.12. The van der Waals surface area contributed by atoms with Gasteiger partial charge in [-0.05, 0) is 40.5 Å². The van der Waals surface area contributed by atoms with Crippen molar-refractivity contribution in [3.05, 3.63) is 33.4 Å². The maximum absolute atomic E-state index is 5.87. The Labute approximate surface area is 124 Å². The lowest BCUT2D eigenvalue weighted by molar-refractivity contribution is 0.286. The summed E-state index contributed by atoms with van der Waals surface area (Å²) in [5.41, 5.74) is 6.65. The van der Waals surface area contributed by atoms with Gasteiger partial charge in [-0.25, -0.2) is 4.68 Å². The summed E-state index contributed by atoms with van der Waals surface area (Å²) >= 11 is 9.27. The quantitative estimate of drug-likeness (QED) is 0.905. The topological polar surface area (TPSA) is 66.0 Å². The minimum absolute atomic E-state index is 0.482. The number of ether oxygens (including phenoxy) is 1. The highest BCUT2D eigenvalue weighted by molar-refractivity contribution is 9.10. The second-order valence-electron chi connectivity index (χ2n) is 3.92. The molecule has 0 unspecified atom stereocenters. The van der Waals surface area contributed by atoms with Crippen LogP contribution in [0.2, 0.25) is 5.02 Å². The summed E-state index contributed by atoms with van der Waals surface area (Å²) in [6, 6.07) is 5.40. The standard InChI is InChI=1S/C12H14BrClN4O/c1-2-10-12(15)16-17-18(10)5-6-19-11-4-3-8(14)7-9(11)13/h3-4,7H,2,5-6,15H2,1H3. The molecular weight excluding hydrogens is 332 g/mol. The predicted octanol–water partition coefficient (Wildman–Crippen LogP) is 2.92. The van der Waals surface area contributed by atoms with E-state index < -0.39 is 0 Å². The zero-order valence-corrected chi connectivity index (χ0v) is 12.8.